The van der Waals surface area contributed by atoms with E-state index in [-0.39, 0.29) is 0 Å². The fraction of sp³-hybridized carbons (Fsp3) is 0.375. The maximum atomic E-state index is 2.50. The van der Waals surface area contributed by atoms with Gasteiger partial charge in [-0.2, -0.15) is 0 Å². The molecule has 88 valence electrons. The van der Waals surface area contributed by atoms with Gasteiger partial charge in [0.05, 0.1) is 6.04 Å². The highest BCUT2D eigenvalue weighted by molar-refractivity contribution is 5.34. The minimum Gasteiger partial charge on any atom is -0.342 e. The maximum absolute atomic E-state index is 2.50. The summed E-state index contributed by atoms with van der Waals surface area (Å²) in [5, 5.41) is 0. The molecule has 3 rings (SSSR count). The van der Waals surface area contributed by atoms with E-state index in [1.165, 1.54) is 41.8 Å². The summed E-state index contributed by atoms with van der Waals surface area (Å²) in [6, 6.07) is 13.9. The van der Waals surface area contributed by atoms with E-state index in [0.717, 1.165) is 0 Å². The van der Waals surface area contributed by atoms with Crippen LogP contribution >= 0.6 is 0 Å². The molecule has 0 saturated heterocycles. The zero-order valence-corrected chi connectivity index (χ0v) is 10.6. The van der Waals surface area contributed by atoms with E-state index < -0.39 is 0 Å². The topological polar surface area (TPSA) is 4.93 Å². The lowest BCUT2D eigenvalue weighted by Crippen LogP contribution is -2.19. The molecule has 0 aliphatic heterocycles. The molecule has 1 atom stereocenters. The van der Waals surface area contributed by atoms with E-state index in [9.17, 15) is 0 Å². The normalized spacial score (nSPS) is 19.1. The van der Waals surface area contributed by atoms with Gasteiger partial charge in [0.2, 0.25) is 0 Å². The van der Waals surface area contributed by atoms with Crippen molar-refractivity contribution >= 4 is 0 Å². The van der Waals surface area contributed by atoms with Crippen LogP contribution in [0.2, 0.25) is 0 Å². The number of hydrogen-bond acceptors (Lipinski definition) is 0. The van der Waals surface area contributed by atoms with E-state index in [2.05, 4.69) is 54.8 Å². The van der Waals surface area contributed by atoms with Crippen LogP contribution in [-0.2, 0) is 6.42 Å². The second-order valence-corrected chi connectivity index (χ2v) is 5.09. The maximum Gasteiger partial charge on any atom is 0.0587 e. The summed E-state index contributed by atoms with van der Waals surface area (Å²) >= 11 is 0. The first kappa shape index (κ1) is 10.6. The van der Waals surface area contributed by atoms with Crippen LogP contribution in [0.15, 0.2) is 36.4 Å². The number of fused-ring (bicyclic) bond motifs is 1. The van der Waals surface area contributed by atoms with Crippen LogP contribution in [0.3, 0.4) is 0 Å². The second kappa shape index (κ2) is 4.06. The van der Waals surface area contributed by atoms with Crippen LogP contribution in [-0.4, -0.2) is 4.57 Å². The molecule has 2 aromatic rings. The fourth-order valence-corrected chi connectivity index (χ4v) is 3.17. The highest BCUT2D eigenvalue weighted by atomic mass is 15.0. The van der Waals surface area contributed by atoms with Crippen LogP contribution in [0, 0.1) is 13.8 Å². The lowest BCUT2D eigenvalue weighted by atomic mass is 9.87. The largest absolute Gasteiger partial charge is 0.342 e. The van der Waals surface area contributed by atoms with E-state index in [0.29, 0.717) is 6.04 Å². The minimum atomic E-state index is 0.551. The molecular weight excluding hydrogens is 206 g/mol. The van der Waals surface area contributed by atoms with Gasteiger partial charge in [0.25, 0.3) is 0 Å². The number of aryl methyl sites for hydroxylation is 3. The molecule has 1 aromatic carbocycles. The van der Waals surface area contributed by atoms with Crippen molar-refractivity contribution in [2.24, 2.45) is 0 Å². The Bertz CT molecular complexity index is 517. The molecule has 1 aliphatic rings. The van der Waals surface area contributed by atoms with E-state index in [4.69, 9.17) is 0 Å². The number of hydrogen-bond donors (Lipinski definition) is 0. The highest BCUT2D eigenvalue weighted by Gasteiger charge is 2.22. The van der Waals surface area contributed by atoms with Crippen LogP contribution in [0.1, 0.15) is 41.4 Å². The van der Waals surface area contributed by atoms with Crippen molar-refractivity contribution in [2.75, 3.05) is 0 Å². The molecule has 1 nitrogen and oxygen atoms in total. The van der Waals surface area contributed by atoms with Crippen molar-refractivity contribution in [2.45, 2.75) is 39.2 Å². The lowest BCUT2D eigenvalue weighted by Gasteiger charge is -2.29. The van der Waals surface area contributed by atoms with Crippen LogP contribution in [0.5, 0.6) is 0 Å². The molecule has 1 heterocycles. The Morgan fingerprint density at radius 1 is 1.00 bits per heavy atom. The van der Waals surface area contributed by atoms with Gasteiger partial charge in [-0.25, -0.2) is 0 Å². The van der Waals surface area contributed by atoms with Crippen molar-refractivity contribution in [1.82, 2.24) is 4.57 Å². The number of aromatic nitrogens is 1. The summed E-state index contributed by atoms with van der Waals surface area (Å²) in [6.07, 6.45) is 3.82. The molecule has 0 saturated carbocycles. The standard InChI is InChI=1S/C16H19N/c1-12-10-11-13(2)17(12)16-9-5-7-14-6-3-4-8-15(14)16/h3-4,6,8,10-11,16H,5,7,9H2,1-2H3/t16-/m1/s1. The van der Waals surface area contributed by atoms with Crippen molar-refractivity contribution in [1.29, 1.82) is 0 Å². The summed E-state index contributed by atoms with van der Waals surface area (Å²) in [4.78, 5) is 0. The Morgan fingerprint density at radius 3 is 2.47 bits per heavy atom. The Hall–Kier alpha value is -1.50. The van der Waals surface area contributed by atoms with Gasteiger partial charge >= 0.3 is 0 Å². The monoisotopic (exact) mass is 225 g/mol. The SMILES string of the molecule is Cc1ccc(C)n1[C@@H]1CCCc2ccccc21. The van der Waals surface area contributed by atoms with Gasteiger partial charge in [-0.15, -0.1) is 0 Å². The molecular formula is C16H19N. The molecule has 0 fully saturated rings. The Kier molecular flexibility index (Phi) is 2.54. The zero-order chi connectivity index (χ0) is 11.8. The van der Waals surface area contributed by atoms with Crippen molar-refractivity contribution in [3.05, 3.63) is 58.9 Å². The van der Waals surface area contributed by atoms with Gasteiger partial charge in [-0.3, -0.25) is 0 Å². The second-order valence-electron chi connectivity index (χ2n) is 5.09. The third-order valence-corrected chi connectivity index (χ3v) is 3.98. The van der Waals surface area contributed by atoms with Gasteiger partial charge in [-0.05, 0) is 56.4 Å². The fourth-order valence-electron chi connectivity index (χ4n) is 3.17. The van der Waals surface area contributed by atoms with Crippen LogP contribution < -0.4 is 0 Å². The van der Waals surface area contributed by atoms with Crippen LogP contribution in [0.4, 0.5) is 0 Å². The summed E-state index contributed by atoms with van der Waals surface area (Å²) < 4.78 is 2.50. The Balaban J connectivity index is 2.12. The minimum absolute atomic E-state index is 0.551. The van der Waals surface area contributed by atoms with E-state index in [1.54, 1.807) is 0 Å². The van der Waals surface area contributed by atoms with Crippen molar-refractivity contribution in [3.63, 3.8) is 0 Å². The first-order valence-corrected chi connectivity index (χ1v) is 6.49. The van der Waals surface area contributed by atoms with Gasteiger partial charge in [-0.1, -0.05) is 24.3 Å². The number of benzene rings is 1. The highest BCUT2D eigenvalue weighted by Crippen LogP contribution is 2.34. The van der Waals surface area contributed by atoms with E-state index in [1.807, 2.05) is 0 Å². The van der Waals surface area contributed by atoms with Crippen molar-refractivity contribution < 1.29 is 0 Å². The van der Waals surface area contributed by atoms with Crippen LogP contribution in [0.25, 0.3) is 0 Å². The smallest absolute Gasteiger partial charge is 0.0587 e. The third kappa shape index (κ3) is 1.70. The zero-order valence-electron chi connectivity index (χ0n) is 10.6. The summed E-state index contributed by atoms with van der Waals surface area (Å²) in [5.74, 6) is 0. The van der Waals surface area contributed by atoms with Gasteiger partial charge in [0.15, 0.2) is 0 Å². The molecule has 0 radical (unpaired) electrons. The molecule has 0 bridgehead atoms. The van der Waals surface area contributed by atoms with Gasteiger partial charge in [0, 0.05) is 11.4 Å². The molecule has 1 aromatic heterocycles. The number of nitrogens with zero attached hydrogens (tertiary/aromatic N) is 1. The molecule has 0 amide bonds. The third-order valence-electron chi connectivity index (χ3n) is 3.98. The lowest BCUT2D eigenvalue weighted by molar-refractivity contribution is 0.476. The summed E-state index contributed by atoms with van der Waals surface area (Å²) in [5.41, 5.74) is 5.82. The predicted molar refractivity (Wildman–Crippen MR) is 71.4 cm³/mol. The predicted octanol–water partition coefficient (Wildman–Crippen LogP) is 4.03. The molecule has 1 heteroatoms. The molecule has 0 spiro atoms. The van der Waals surface area contributed by atoms with Crippen molar-refractivity contribution in [3.8, 4) is 0 Å². The molecule has 1 aliphatic carbocycles. The quantitative estimate of drug-likeness (QED) is 0.690. The first-order chi connectivity index (χ1) is 8.27. The number of rotatable bonds is 1. The first-order valence-electron chi connectivity index (χ1n) is 6.49. The van der Waals surface area contributed by atoms with E-state index >= 15 is 0 Å². The summed E-state index contributed by atoms with van der Waals surface area (Å²) in [6.45, 7) is 4.43. The molecule has 0 unspecified atom stereocenters. The summed E-state index contributed by atoms with van der Waals surface area (Å²) in [7, 11) is 0. The molecule has 17 heavy (non-hydrogen) atoms. The van der Waals surface area contributed by atoms with Gasteiger partial charge < -0.3 is 4.57 Å². The molecule has 0 N–H and O–H groups in total. The Labute approximate surface area is 103 Å². The average molecular weight is 225 g/mol. The Morgan fingerprint density at radius 2 is 1.71 bits per heavy atom. The average Bonchev–Trinajstić information content (AvgIpc) is 2.69. The van der Waals surface area contributed by atoms with Gasteiger partial charge in [0.1, 0.15) is 0 Å².